The Morgan fingerprint density at radius 1 is 1.24 bits per heavy atom. The number of hydrogen-bond donors (Lipinski definition) is 2. The molecule has 1 aromatic carbocycles. The number of H-pyrrole nitrogens is 1. The van der Waals surface area contributed by atoms with Crippen LogP contribution in [0.25, 0.3) is 0 Å². The van der Waals surface area contributed by atoms with Crippen molar-refractivity contribution in [3.05, 3.63) is 75.6 Å². The predicted octanol–water partition coefficient (Wildman–Crippen LogP) is 4.30. The summed E-state index contributed by atoms with van der Waals surface area (Å²) in [5.74, 6) is -1.04. The van der Waals surface area contributed by atoms with Crippen LogP contribution in [0.3, 0.4) is 0 Å². The van der Waals surface area contributed by atoms with E-state index in [0.717, 1.165) is 23.2 Å². The third kappa shape index (κ3) is 5.29. The molecule has 0 radical (unpaired) electrons. The van der Waals surface area contributed by atoms with Gasteiger partial charge >= 0.3 is 0 Å². The number of nitrogens with zero attached hydrogens (tertiary/aromatic N) is 2. The van der Waals surface area contributed by atoms with Crippen LogP contribution in [0.4, 0.5) is 15.1 Å². The summed E-state index contributed by atoms with van der Waals surface area (Å²) in [7, 11) is 1.79. The molecule has 0 amide bonds. The van der Waals surface area contributed by atoms with E-state index in [0.29, 0.717) is 18.1 Å². The van der Waals surface area contributed by atoms with Crippen LogP contribution >= 0.6 is 11.5 Å². The average Bonchev–Trinajstić information content (AvgIpc) is 3.15. The van der Waals surface area contributed by atoms with Gasteiger partial charge in [-0.15, -0.1) is 0 Å². The van der Waals surface area contributed by atoms with Gasteiger partial charge in [0, 0.05) is 38.1 Å². The summed E-state index contributed by atoms with van der Waals surface area (Å²) in [6.07, 6.45) is 3.33. The highest BCUT2D eigenvalue weighted by atomic mass is 32.1. The van der Waals surface area contributed by atoms with Crippen LogP contribution in [-0.4, -0.2) is 28.7 Å². The van der Waals surface area contributed by atoms with Crippen LogP contribution < -0.4 is 15.8 Å². The summed E-state index contributed by atoms with van der Waals surface area (Å²) in [5.41, 5.74) is 0.966. The molecule has 3 rings (SSSR count). The Bertz CT molecular complexity index is 1000. The minimum Gasteiger partial charge on any atom is -0.379 e. The summed E-state index contributed by atoms with van der Waals surface area (Å²) in [6, 6.07) is 7.85. The van der Waals surface area contributed by atoms with E-state index in [1.807, 2.05) is 32.9 Å². The van der Waals surface area contributed by atoms with Crippen molar-refractivity contribution in [2.45, 2.75) is 27.3 Å². The number of carbonyl (C=O) groups excluding carboxylic acids is 1. The van der Waals surface area contributed by atoms with E-state index in [4.69, 9.17) is 0 Å². The van der Waals surface area contributed by atoms with Gasteiger partial charge in [-0.3, -0.25) is 18.9 Å². The second kappa shape index (κ2) is 10.5. The normalized spacial score (nSPS) is 10.1. The highest BCUT2D eigenvalue weighted by molar-refractivity contribution is 7.10. The first-order valence-corrected chi connectivity index (χ1v) is 10.2. The van der Waals surface area contributed by atoms with Gasteiger partial charge in [0.1, 0.15) is 16.4 Å². The molecule has 0 bridgehead atoms. The first-order chi connectivity index (χ1) is 14.0. The largest absolute Gasteiger partial charge is 0.379 e. The Labute approximate surface area is 173 Å². The van der Waals surface area contributed by atoms with Crippen molar-refractivity contribution < 1.29 is 9.18 Å². The molecule has 6 nitrogen and oxygen atoms in total. The van der Waals surface area contributed by atoms with E-state index in [1.54, 1.807) is 24.3 Å². The molecule has 0 atom stereocenters. The van der Waals surface area contributed by atoms with Gasteiger partial charge in [0.15, 0.2) is 0 Å². The molecule has 0 aliphatic rings. The number of benzene rings is 1. The van der Waals surface area contributed by atoms with Crippen molar-refractivity contribution in [2.24, 2.45) is 0 Å². The molecule has 2 N–H and O–H groups in total. The summed E-state index contributed by atoms with van der Waals surface area (Å²) < 4.78 is 17.0. The van der Waals surface area contributed by atoms with E-state index >= 15 is 0 Å². The summed E-state index contributed by atoms with van der Waals surface area (Å²) in [6.45, 7) is 6.99. The standard InChI is InChI=1S/C19H19FN4O2S.C2H6/c1-3-24(2)19-16(18(26)23-27-19)17(25)13-4-5-15(14(20)10-13)22-11-12-6-8-21-9-7-12;1-2/h4-10,22H,3,11H2,1-2H3,(H,23,26);1-2H3. The SMILES string of the molecule is CC.CCN(C)c1s[nH]c(=O)c1C(=O)c1ccc(NCc2ccncc2)c(F)c1. The van der Waals surface area contributed by atoms with Crippen LogP contribution in [0.2, 0.25) is 0 Å². The number of hydrogen-bond acceptors (Lipinski definition) is 6. The van der Waals surface area contributed by atoms with Crippen molar-refractivity contribution >= 4 is 28.0 Å². The van der Waals surface area contributed by atoms with E-state index < -0.39 is 17.2 Å². The lowest BCUT2D eigenvalue weighted by atomic mass is 10.0. The summed E-state index contributed by atoms with van der Waals surface area (Å²) >= 11 is 1.10. The van der Waals surface area contributed by atoms with Gasteiger partial charge in [0.2, 0.25) is 5.78 Å². The molecule has 8 heteroatoms. The Morgan fingerprint density at radius 2 is 1.93 bits per heavy atom. The molecule has 154 valence electrons. The Balaban J connectivity index is 0.00000145. The molecule has 0 saturated carbocycles. The molecule has 3 aromatic rings. The van der Waals surface area contributed by atoms with Crippen LogP contribution in [0.5, 0.6) is 0 Å². The van der Waals surface area contributed by atoms with Crippen molar-refractivity contribution in [2.75, 3.05) is 23.8 Å². The number of halogens is 1. The number of ketones is 1. The first-order valence-electron chi connectivity index (χ1n) is 9.41. The maximum absolute atomic E-state index is 14.5. The summed E-state index contributed by atoms with van der Waals surface area (Å²) in [5, 5.41) is 3.54. The number of aromatic nitrogens is 2. The van der Waals surface area contributed by atoms with E-state index in [-0.39, 0.29) is 16.8 Å². The van der Waals surface area contributed by atoms with Gasteiger partial charge in [-0.25, -0.2) is 4.39 Å². The van der Waals surface area contributed by atoms with Crippen LogP contribution in [-0.2, 0) is 6.54 Å². The molecule has 29 heavy (non-hydrogen) atoms. The quantitative estimate of drug-likeness (QED) is 0.562. The third-order valence-electron chi connectivity index (χ3n) is 4.19. The highest BCUT2D eigenvalue weighted by Crippen LogP contribution is 2.25. The minimum atomic E-state index is -0.549. The van der Waals surface area contributed by atoms with Gasteiger partial charge in [-0.05, 0) is 54.4 Å². The molecular weight excluding hydrogens is 391 g/mol. The number of anilines is 2. The van der Waals surface area contributed by atoms with Gasteiger partial charge in [0.25, 0.3) is 5.56 Å². The van der Waals surface area contributed by atoms with Crippen molar-refractivity contribution in [1.82, 2.24) is 9.36 Å². The molecule has 0 aliphatic heterocycles. The van der Waals surface area contributed by atoms with E-state index in [1.165, 1.54) is 12.1 Å². The lowest BCUT2D eigenvalue weighted by molar-refractivity contribution is 0.103. The molecule has 0 spiro atoms. The zero-order valence-corrected chi connectivity index (χ0v) is 17.8. The van der Waals surface area contributed by atoms with E-state index in [9.17, 15) is 14.0 Å². The average molecular weight is 417 g/mol. The predicted molar refractivity (Wildman–Crippen MR) is 117 cm³/mol. The zero-order chi connectivity index (χ0) is 21.4. The third-order valence-corrected chi connectivity index (χ3v) is 5.19. The van der Waals surface area contributed by atoms with Gasteiger partial charge < -0.3 is 10.2 Å². The fourth-order valence-electron chi connectivity index (χ4n) is 2.55. The molecule has 0 aliphatic carbocycles. The Hall–Kier alpha value is -3.00. The number of carbonyl (C=O) groups is 1. The second-order valence-electron chi connectivity index (χ2n) is 5.96. The topological polar surface area (TPSA) is 78.1 Å². The highest BCUT2D eigenvalue weighted by Gasteiger charge is 2.23. The van der Waals surface area contributed by atoms with Crippen molar-refractivity contribution in [3.8, 4) is 0 Å². The van der Waals surface area contributed by atoms with Crippen LogP contribution in [0.15, 0.2) is 47.5 Å². The maximum atomic E-state index is 14.5. The fraction of sp³-hybridized carbons (Fsp3) is 0.286. The molecule has 0 unspecified atom stereocenters. The molecule has 0 fully saturated rings. The number of rotatable bonds is 7. The fourth-order valence-corrected chi connectivity index (χ4v) is 3.41. The van der Waals surface area contributed by atoms with Crippen LogP contribution in [0, 0.1) is 5.82 Å². The Morgan fingerprint density at radius 3 is 2.55 bits per heavy atom. The number of aromatic amines is 1. The smallest absolute Gasteiger partial charge is 0.271 e. The molecule has 2 aromatic heterocycles. The summed E-state index contributed by atoms with van der Waals surface area (Å²) in [4.78, 5) is 30.6. The van der Waals surface area contributed by atoms with Gasteiger partial charge in [-0.1, -0.05) is 13.8 Å². The van der Waals surface area contributed by atoms with Gasteiger partial charge in [0.05, 0.1) is 5.69 Å². The van der Waals surface area contributed by atoms with Crippen molar-refractivity contribution in [1.29, 1.82) is 0 Å². The maximum Gasteiger partial charge on any atom is 0.271 e. The minimum absolute atomic E-state index is 0.0428. The monoisotopic (exact) mass is 416 g/mol. The van der Waals surface area contributed by atoms with Gasteiger partial charge in [-0.2, -0.15) is 0 Å². The zero-order valence-electron chi connectivity index (χ0n) is 17.0. The van der Waals surface area contributed by atoms with Crippen molar-refractivity contribution in [3.63, 3.8) is 0 Å². The lowest BCUT2D eigenvalue weighted by Gasteiger charge is -2.15. The van der Waals surface area contributed by atoms with E-state index in [2.05, 4.69) is 14.7 Å². The lowest BCUT2D eigenvalue weighted by Crippen LogP contribution is -2.21. The number of nitrogens with one attached hydrogen (secondary N) is 2. The Kier molecular flexibility index (Phi) is 8.09. The van der Waals surface area contributed by atoms with Crippen LogP contribution in [0.1, 0.15) is 42.3 Å². The molecule has 2 heterocycles. The molecular formula is C21H25FN4O2S. The number of pyridine rings is 1. The first kappa shape index (κ1) is 22.3. The second-order valence-corrected chi connectivity index (χ2v) is 6.76. The molecule has 0 saturated heterocycles.